The van der Waals surface area contributed by atoms with Crippen LogP contribution in [0.25, 0.3) is 0 Å². The van der Waals surface area contributed by atoms with Gasteiger partial charge in [0.25, 0.3) is 0 Å². The molecule has 18 heavy (non-hydrogen) atoms. The largest absolute Gasteiger partial charge is 0.306 e. The minimum Gasteiger partial charge on any atom is -0.306 e. The maximum absolute atomic E-state index is 9.03. The van der Waals surface area contributed by atoms with Crippen molar-refractivity contribution >= 4 is 11.8 Å². The molecule has 0 atom stereocenters. The van der Waals surface area contributed by atoms with E-state index in [1.54, 1.807) is 18.1 Å². The van der Waals surface area contributed by atoms with E-state index in [1.165, 1.54) is 0 Å². The maximum Gasteiger partial charge on any atom is 0.191 e. The number of hydrogen-bond acceptors (Lipinski definition) is 4. The predicted molar refractivity (Wildman–Crippen MR) is 71.1 cm³/mol. The lowest BCUT2D eigenvalue weighted by atomic mass is 10.1. The van der Waals surface area contributed by atoms with Crippen LogP contribution in [0.4, 0.5) is 0 Å². The molecule has 1 heterocycles. The zero-order valence-corrected chi connectivity index (χ0v) is 11.2. The Labute approximate surface area is 111 Å². The number of benzene rings is 1. The molecule has 4 nitrogen and oxygen atoms in total. The van der Waals surface area contributed by atoms with Gasteiger partial charge in [-0.1, -0.05) is 30.0 Å². The van der Waals surface area contributed by atoms with Gasteiger partial charge in [0.2, 0.25) is 0 Å². The molecule has 2 rings (SSSR count). The lowest BCUT2D eigenvalue weighted by Crippen LogP contribution is -2.01. The van der Waals surface area contributed by atoms with Crippen LogP contribution in [-0.4, -0.2) is 14.8 Å². The van der Waals surface area contributed by atoms with Crippen molar-refractivity contribution in [3.8, 4) is 6.07 Å². The summed E-state index contributed by atoms with van der Waals surface area (Å²) < 4.78 is 2.03. The van der Waals surface area contributed by atoms with Gasteiger partial charge in [0.15, 0.2) is 5.16 Å². The van der Waals surface area contributed by atoms with Crippen LogP contribution in [0.15, 0.2) is 35.7 Å². The molecule has 92 valence electrons. The smallest absolute Gasteiger partial charge is 0.191 e. The lowest BCUT2D eigenvalue weighted by Gasteiger charge is -2.09. The van der Waals surface area contributed by atoms with E-state index in [0.717, 1.165) is 22.0 Å². The van der Waals surface area contributed by atoms with Crippen molar-refractivity contribution in [2.75, 3.05) is 0 Å². The molecule has 0 aliphatic heterocycles. The van der Waals surface area contributed by atoms with E-state index in [0.29, 0.717) is 6.04 Å². The molecule has 0 radical (unpaired) electrons. The molecule has 1 aromatic carbocycles. The van der Waals surface area contributed by atoms with Gasteiger partial charge in [-0.2, -0.15) is 5.26 Å². The maximum atomic E-state index is 9.03. The molecule has 0 aliphatic carbocycles. The number of thioether (sulfide) groups is 1. The second kappa shape index (κ2) is 5.69. The fourth-order valence-corrected chi connectivity index (χ4v) is 2.64. The Bertz CT molecular complexity index is 568. The Morgan fingerprint density at radius 2 is 2.17 bits per heavy atom. The van der Waals surface area contributed by atoms with E-state index in [2.05, 4.69) is 30.1 Å². The van der Waals surface area contributed by atoms with Crippen molar-refractivity contribution < 1.29 is 0 Å². The summed E-state index contributed by atoms with van der Waals surface area (Å²) in [5.41, 5.74) is 1.75. The highest BCUT2D eigenvalue weighted by atomic mass is 32.2. The van der Waals surface area contributed by atoms with Crippen molar-refractivity contribution in [1.82, 2.24) is 14.8 Å². The molecule has 1 aromatic heterocycles. The average Bonchev–Trinajstić information content (AvgIpc) is 2.85. The van der Waals surface area contributed by atoms with Crippen LogP contribution in [0.3, 0.4) is 0 Å². The average molecular weight is 258 g/mol. The van der Waals surface area contributed by atoms with E-state index in [-0.39, 0.29) is 0 Å². The number of nitrogens with zero attached hydrogens (tertiary/aromatic N) is 4. The first-order valence-corrected chi connectivity index (χ1v) is 6.71. The van der Waals surface area contributed by atoms with Crippen molar-refractivity contribution in [1.29, 1.82) is 5.26 Å². The van der Waals surface area contributed by atoms with Gasteiger partial charge in [-0.25, -0.2) is 0 Å². The first kappa shape index (κ1) is 12.7. The standard InChI is InChI=1S/C13H14N4S/c1-10(2)17-9-15-16-13(17)18-8-12-6-4-3-5-11(12)7-14/h3-6,9-10H,8H2,1-2H3. The molecule has 0 aliphatic rings. The normalized spacial score (nSPS) is 10.6. The van der Waals surface area contributed by atoms with E-state index in [1.807, 2.05) is 28.8 Å². The quantitative estimate of drug-likeness (QED) is 0.791. The number of hydrogen-bond donors (Lipinski definition) is 0. The van der Waals surface area contributed by atoms with Gasteiger partial charge in [-0.3, -0.25) is 0 Å². The fraction of sp³-hybridized carbons (Fsp3) is 0.308. The molecule has 0 unspecified atom stereocenters. The molecule has 0 bridgehead atoms. The monoisotopic (exact) mass is 258 g/mol. The molecule has 0 N–H and O–H groups in total. The zero-order chi connectivity index (χ0) is 13.0. The third kappa shape index (κ3) is 2.71. The highest BCUT2D eigenvalue weighted by Crippen LogP contribution is 2.24. The van der Waals surface area contributed by atoms with Crippen LogP contribution in [-0.2, 0) is 5.75 Å². The molecule has 0 fully saturated rings. The summed E-state index contributed by atoms with van der Waals surface area (Å²) in [6.45, 7) is 4.19. The summed E-state index contributed by atoms with van der Waals surface area (Å²) in [4.78, 5) is 0. The van der Waals surface area contributed by atoms with Gasteiger partial charge in [0, 0.05) is 11.8 Å². The van der Waals surface area contributed by atoms with E-state index in [4.69, 9.17) is 5.26 Å². The number of nitriles is 1. The predicted octanol–water partition coefficient (Wildman–Crippen LogP) is 3.02. The SMILES string of the molecule is CC(C)n1cnnc1SCc1ccccc1C#N. The Kier molecular flexibility index (Phi) is 4.00. The Morgan fingerprint density at radius 3 is 2.89 bits per heavy atom. The van der Waals surface area contributed by atoms with Crippen LogP contribution in [0.2, 0.25) is 0 Å². The van der Waals surface area contributed by atoms with Gasteiger partial charge in [0.1, 0.15) is 6.33 Å². The molecular weight excluding hydrogens is 244 g/mol. The van der Waals surface area contributed by atoms with E-state index >= 15 is 0 Å². The summed E-state index contributed by atoms with van der Waals surface area (Å²) >= 11 is 1.60. The third-order valence-electron chi connectivity index (χ3n) is 2.59. The second-order valence-corrected chi connectivity index (χ2v) is 5.11. The van der Waals surface area contributed by atoms with Crippen molar-refractivity contribution in [3.05, 3.63) is 41.7 Å². The van der Waals surface area contributed by atoms with Gasteiger partial charge in [-0.05, 0) is 25.5 Å². The van der Waals surface area contributed by atoms with Crippen LogP contribution in [0, 0.1) is 11.3 Å². The Morgan fingerprint density at radius 1 is 1.39 bits per heavy atom. The highest BCUT2D eigenvalue weighted by molar-refractivity contribution is 7.98. The topological polar surface area (TPSA) is 54.5 Å². The van der Waals surface area contributed by atoms with Gasteiger partial charge < -0.3 is 4.57 Å². The molecule has 0 saturated heterocycles. The molecule has 0 saturated carbocycles. The summed E-state index contributed by atoms with van der Waals surface area (Å²) in [5.74, 6) is 0.731. The molecule has 5 heteroatoms. The van der Waals surface area contributed by atoms with Crippen LogP contribution in [0.1, 0.15) is 31.0 Å². The Hall–Kier alpha value is -1.80. The third-order valence-corrected chi connectivity index (χ3v) is 3.60. The number of aromatic nitrogens is 3. The van der Waals surface area contributed by atoms with Gasteiger partial charge in [-0.15, -0.1) is 10.2 Å². The summed E-state index contributed by atoms with van der Waals surface area (Å²) in [5, 5.41) is 17.9. The van der Waals surface area contributed by atoms with Gasteiger partial charge >= 0.3 is 0 Å². The van der Waals surface area contributed by atoms with E-state index in [9.17, 15) is 0 Å². The Balaban J connectivity index is 2.12. The first-order valence-electron chi connectivity index (χ1n) is 5.72. The molecule has 2 aromatic rings. The fourth-order valence-electron chi connectivity index (χ4n) is 1.59. The second-order valence-electron chi connectivity index (χ2n) is 4.17. The zero-order valence-electron chi connectivity index (χ0n) is 10.4. The van der Waals surface area contributed by atoms with Gasteiger partial charge in [0.05, 0.1) is 11.6 Å². The number of rotatable bonds is 4. The van der Waals surface area contributed by atoms with Crippen LogP contribution >= 0.6 is 11.8 Å². The summed E-state index contributed by atoms with van der Waals surface area (Å²) in [6.07, 6.45) is 1.74. The summed E-state index contributed by atoms with van der Waals surface area (Å²) in [6, 6.07) is 10.2. The minimum absolute atomic E-state index is 0.341. The van der Waals surface area contributed by atoms with Crippen molar-refractivity contribution in [2.24, 2.45) is 0 Å². The van der Waals surface area contributed by atoms with E-state index < -0.39 is 0 Å². The lowest BCUT2D eigenvalue weighted by molar-refractivity contribution is 0.549. The van der Waals surface area contributed by atoms with Crippen LogP contribution in [0.5, 0.6) is 0 Å². The van der Waals surface area contributed by atoms with Crippen molar-refractivity contribution in [3.63, 3.8) is 0 Å². The minimum atomic E-state index is 0.341. The summed E-state index contributed by atoms with van der Waals surface area (Å²) in [7, 11) is 0. The molecular formula is C13H14N4S. The van der Waals surface area contributed by atoms with Crippen molar-refractivity contribution in [2.45, 2.75) is 30.8 Å². The van der Waals surface area contributed by atoms with Crippen LogP contribution < -0.4 is 0 Å². The molecule has 0 spiro atoms. The highest BCUT2D eigenvalue weighted by Gasteiger charge is 2.09. The first-order chi connectivity index (χ1) is 8.72. The molecule has 0 amide bonds.